The third kappa shape index (κ3) is 1.82. The van der Waals surface area contributed by atoms with E-state index in [9.17, 15) is 0 Å². The SMILES string of the molecule is Cc1ccc(-n2cc(C)cn2)c(C(=N)N)c1. The minimum atomic E-state index is 0.0619. The second kappa shape index (κ2) is 3.81. The average Bonchev–Trinajstić information content (AvgIpc) is 2.64. The third-order valence-corrected chi connectivity index (χ3v) is 2.40. The van der Waals surface area contributed by atoms with E-state index in [0.717, 1.165) is 16.8 Å². The van der Waals surface area contributed by atoms with Crippen LogP contribution >= 0.6 is 0 Å². The van der Waals surface area contributed by atoms with Crippen molar-refractivity contribution in [1.29, 1.82) is 5.41 Å². The van der Waals surface area contributed by atoms with Gasteiger partial charge in [0, 0.05) is 11.8 Å². The van der Waals surface area contributed by atoms with Gasteiger partial charge in [0.15, 0.2) is 0 Å². The lowest BCUT2D eigenvalue weighted by molar-refractivity contribution is 0.877. The van der Waals surface area contributed by atoms with E-state index in [1.54, 1.807) is 10.9 Å². The van der Waals surface area contributed by atoms with Gasteiger partial charge in [0.05, 0.1) is 11.9 Å². The molecule has 16 heavy (non-hydrogen) atoms. The lowest BCUT2D eigenvalue weighted by atomic mass is 10.1. The molecule has 0 bridgehead atoms. The van der Waals surface area contributed by atoms with Crippen LogP contribution in [0.2, 0.25) is 0 Å². The normalized spacial score (nSPS) is 10.4. The van der Waals surface area contributed by atoms with Gasteiger partial charge in [-0.15, -0.1) is 0 Å². The van der Waals surface area contributed by atoms with E-state index in [-0.39, 0.29) is 5.84 Å². The maximum Gasteiger partial charge on any atom is 0.124 e. The second-order valence-corrected chi connectivity index (χ2v) is 3.90. The van der Waals surface area contributed by atoms with Gasteiger partial charge in [-0.3, -0.25) is 5.41 Å². The molecule has 0 saturated carbocycles. The molecule has 3 N–H and O–H groups in total. The smallest absolute Gasteiger partial charge is 0.124 e. The van der Waals surface area contributed by atoms with Gasteiger partial charge in [0.25, 0.3) is 0 Å². The molecule has 0 amide bonds. The first kappa shape index (κ1) is 10.4. The maximum absolute atomic E-state index is 7.57. The van der Waals surface area contributed by atoms with Crippen LogP contribution in [0, 0.1) is 19.3 Å². The molecule has 1 aromatic heterocycles. The topological polar surface area (TPSA) is 67.7 Å². The Bertz CT molecular complexity index is 540. The molecule has 1 aromatic carbocycles. The molecule has 2 aromatic rings. The zero-order chi connectivity index (χ0) is 11.7. The van der Waals surface area contributed by atoms with Crippen LogP contribution in [0.15, 0.2) is 30.6 Å². The van der Waals surface area contributed by atoms with Gasteiger partial charge in [-0.25, -0.2) is 4.68 Å². The van der Waals surface area contributed by atoms with Gasteiger partial charge in [-0.05, 0) is 31.5 Å². The molecule has 4 heteroatoms. The molecule has 82 valence electrons. The number of rotatable bonds is 2. The van der Waals surface area contributed by atoms with Crippen LogP contribution in [0.1, 0.15) is 16.7 Å². The summed E-state index contributed by atoms with van der Waals surface area (Å²) < 4.78 is 1.74. The summed E-state index contributed by atoms with van der Waals surface area (Å²) in [5, 5.41) is 11.8. The number of nitrogens with two attached hydrogens (primary N) is 1. The number of hydrogen-bond donors (Lipinski definition) is 2. The lowest BCUT2D eigenvalue weighted by Crippen LogP contribution is -2.15. The van der Waals surface area contributed by atoms with E-state index < -0.39 is 0 Å². The second-order valence-electron chi connectivity index (χ2n) is 3.90. The number of aryl methyl sites for hydroxylation is 2. The fraction of sp³-hybridized carbons (Fsp3) is 0.167. The van der Waals surface area contributed by atoms with Crippen molar-refractivity contribution in [1.82, 2.24) is 9.78 Å². The Morgan fingerprint density at radius 2 is 2.06 bits per heavy atom. The van der Waals surface area contributed by atoms with Crippen molar-refractivity contribution in [3.8, 4) is 5.69 Å². The fourth-order valence-corrected chi connectivity index (χ4v) is 1.61. The highest BCUT2D eigenvalue weighted by Gasteiger charge is 2.08. The molecule has 0 atom stereocenters. The summed E-state index contributed by atoms with van der Waals surface area (Å²) in [5.74, 6) is 0.0619. The third-order valence-electron chi connectivity index (χ3n) is 2.40. The Labute approximate surface area is 94.2 Å². The summed E-state index contributed by atoms with van der Waals surface area (Å²) >= 11 is 0. The molecule has 0 aliphatic heterocycles. The Morgan fingerprint density at radius 3 is 2.62 bits per heavy atom. The molecule has 0 radical (unpaired) electrons. The first-order valence-electron chi connectivity index (χ1n) is 5.04. The van der Waals surface area contributed by atoms with Crippen molar-refractivity contribution in [3.63, 3.8) is 0 Å². The van der Waals surface area contributed by atoms with Gasteiger partial charge in [0.1, 0.15) is 5.84 Å². The largest absolute Gasteiger partial charge is 0.384 e. The van der Waals surface area contributed by atoms with Crippen molar-refractivity contribution < 1.29 is 0 Å². The van der Waals surface area contributed by atoms with Crippen LogP contribution in [0.25, 0.3) is 5.69 Å². The predicted octanol–water partition coefficient (Wildman–Crippen LogP) is 1.77. The Morgan fingerprint density at radius 1 is 1.31 bits per heavy atom. The monoisotopic (exact) mass is 214 g/mol. The van der Waals surface area contributed by atoms with Gasteiger partial charge >= 0.3 is 0 Å². The highest BCUT2D eigenvalue weighted by atomic mass is 15.3. The van der Waals surface area contributed by atoms with E-state index in [0.29, 0.717) is 5.56 Å². The molecule has 0 aliphatic carbocycles. The maximum atomic E-state index is 7.57. The van der Waals surface area contributed by atoms with Crippen LogP contribution in [0.5, 0.6) is 0 Å². The highest BCUT2D eigenvalue weighted by Crippen LogP contribution is 2.15. The molecule has 0 spiro atoms. The predicted molar refractivity (Wildman–Crippen MR) is 64.1 cm³/mol. The molecule has 0 saturated heterocycles. The van der Waals surface area contributed by atoms with Crippen molar-refractivity contribution in [3.05, 3.63) is 47.3 Å². The van der Waals surface area contributed by atoms with E-state index in [2.05, 4.69) is 5.10 Å². The van der Waals surface area contributed by atoms with Crippen LogP contribution < -0.4 is 5.73 Å². The summed E-state index contributed by atoms with van der Waals surface area (Å²) in [6, 6.07) is 5.81. The average molecular weight is 214 g/mol. The quantitative estimate of drug-likeness (QED) is 0.591. The first-order chi connectivity index (χ1) is 7.58. The number of nitrogens with one attached hydrogen (secondary N) is 1. The number of hydrogen-bond acceptors (Lipinski definition) is 2. The first-order valence-corrected chi connectivity index (χ1v) is 5.04. The highest BCUT2D eigenvalue weighted by molar-refractivity contribution is 5.98. The van der Waals surface area contributed by atoms with Gasteiger partial charge in [-0.2, -0.15) is 5.10 Å². The number of amidine groups is 1. The minimum absolute atomic E-state index is 0.0619. The van der Waals surface area contributed by atoms with Crippen molar-refractivity contribution >= 4 is 5.84 Å². The van der Waals surface area contributed by atoms with Gasteiger partial charge in [-0.1, -0.05) is 11.6 Å². The Kier molecular flexibility index (Phi) is 2.48. The molecule has 1 heterocycles. The van der Waals surface area contributed by atoms with Crippen molar-refractivity contribution in [2.24, 2.45) is 5.73 Å². The lowest BCUT2D eigenvalue weighted by Gasteiger charge is -2.09. The van der Waals surface area contributed by atoms with E-state index in [1.807, 2.05) is 38.2 Å². The van der Waals surface area contributed by atoms with Crippen LogP contribution in [-0.4, -0.2) is 15.6 Å². The number of nitrogen functional groups attached to an aromatic ring is 1. The van der Waals surface area contributed by atoms with Crippen molar-refractivity contribution in [2.75, 3.05) is 0 Å². The Hall–Kier alpha value is -2.10. The van der Waals surface area contributed by atoms with Crippen molar-refractivity contribution in [2.45, 2.75) is 13.8 Å². The summed E-state index contributed by atoms with van der Waals surface area (Å²) in [4.78, 5) is 0. The van der Waals surface area contributed by atoms with Gasteiger partial charge in [0.2, 0.25) is 0 Å². The molecular weight excluding hydrogens is 200 g/mol. The fourth-order valence-electron chi connectivity index (χ4n) is 1.61. The van der Waals surface area contributed by atoms with E-state index in [1.165, 1.54) is 0 Å². The molecule has 0 aliphatic rings. The van der Waals surface area contributed by atoms with Crippen LogP contribution in [-0.2, 0) is 0 Å². The molecule has 4 nitrogen and oxygen atoms in total. The minimum Gasteiger partial charge on any atom is -0.384 e. The van der Waals surface area contributed by atoms with Crippen LogP contribution in [0.4, 0.5) is 0 Å². The Balaban J connectivity index is 2.60. The molecule has 0 fully saturated rings. The summed E-state index contributed by atoms with van der Waals surface area (Å²) in [6.07, 6.45) is 3.70. The summed E-state index contributed by atoms with van der Waals surface area (Å²) in [6.45, 7) is 3.95. The zero-order valence-corrected chi connectivity index (χ0v) is 9.36. The number of aromatic nitrogens is 2. The summed E-state index contributed by atoms with van der Waals surface area (Å²) in [7, 11) is 0. The molecule has 0 unspecified atom stereocenters. The molecular formula is C12H14N4. The van der Waals surface area contributed by atoms with Crippen LogP contribution in [0.3, 0.4) is 0 Å². The standard InChI is InChI=1S/C12H14N4/c1-8-3-4-11(10(5-8)12(13)14)16-7-9(2)6-15-16/h3-7H,1-2H3,(H3,13,14). The van der Waals surface area contributed by atoms with Gasteiger partial charge < -0.3 is 5.73 Å². The molecule has 2 rings (SSSR count). The zero-order valence-electron chi connectivity index (χ0n) is 9.36. The van der Waals surface area contributed by atoms with E-state index in [4.69, 9.17) is 11.1 Å². The number of nitrogens with zero attached hydrogens (tertiary/aromatic N) is 2. The summed E-state index contributed by atoms with van der Waals surface area (Å²) in [5.41, 5.74) is 9.28. The number of benzene rings is 1. The van der Waals surface area contributed by atoms with E-state index >= 15 is 0 Å².